The molecule has 2 atom stereocenters. The summed E-state index contributed by atoms with van der Waals surface area (Å²) in [7, 11) is 0. The molecule has 0 aliphatic heterocycles. The Bertz CT molecular complexity index is 439. The van der Waals surface area contributed by atoms with Crippen LogP contribution in [0.25, 0.3) is 0 Å². The van der Waals surface area contributed by atoms with Crippen LogP contribution in [0.4, 0.5) is 0 Å². The average molecular weight is 258 g/mol. The van der Waals surface area contributed by atoms with E-state index < -0.39 is 0 Å². The molecule has 1 saturated carbocycles. The number of hydrogen-bond donors (Lipinski definition) is 1. The summed E-state index contributed by atoms with van der Waals surface area (Å²) in [5, 5.41) is 8.64. The number of aliphatic hydroxyl groups is 1. The predicted molar refractivity (Wildman–Crippen MR) is 76.6 cm³/mol. The first-order valence-corrected chi connectivity index (χ1v) is 7.08. The molecule has 2 rings (SSSR count). The maximum Gasteiger partial charge on any atom is 0.104 e. The van der Waals surface area contributed by atoms with E-state index in [-0.39, 0.29) is 6.61 Å². The Morgan fingerprint density at radius 2 is 2.05 bits per heavy atom. The van der Waals surface area contributed by atoms with Crippen molar-refractivity contribution in [2.45, 2.75) is 45.3 Å². The third kappa shape index (κ3) is 4.70. The van der Waals surface area contributed by atoms with Gasteiger partial charge >= 0.3 is 0 Å². The van der Waals surface area contributed by atoms with Crippen LogP contribution in [0.1, 0.15) is 43.7 Å². The molecule has 2 heteroatoms. The van der Waals surface area contributed by atoms with Gasteiger partial charge in [-0.1, -0.05) is 43.7 Å². The Morgan fingerprint density at radius 3 is 2.74 bits per heavy atom. The van der Waals surface area contributed by atoms with E-state index >= 15 is 0 Å². The van der Waals surface area contributed by atoms with Crippen LogP contribution in [0.3, 0.4) is 0 Å². The van der Waals surface area contributed by atoms with Crippen molar-refractivity contribution < 1.29 is 9.84 Å². The van der Waals surface area contributed by atoms with Crippen molar-refractivity contribution in [1.29, 1.82) is 0 Å². The smallest absolute Gasteiger partial charge is 0.104 e. The van der Waals surface area contributed by atoms with E-state index in [1.807, 2.05) is 24.3 Å². The SMILES string of the molecule is CC1CCCC(OCc2ccc(C#CCO)cc2)C1. The molecule has 19 heavy (non-hydrogen) atoms. The van der Waals surface area contributed by atoms with E-state index in [0.717, 1.165) is 11.5 Å². The zero-order valence-corrected chi connectivity index (χ0v) is 11.6. The molecule has 0 spiro atoms. The van der Waals surface area contributed by atoms with Crippen molar-refractivity contribution >= 4 is 0 Å². The van der Waals surface area contributed by atoms with Gasteiger partial charge in [0.25, 0.3) is 0 Å². The molecular formula is C17H22O2. The molecule has 1 aliphatic carbocycles. The fourth-order valence-corrected chi connectivity index (χ4v) is 2.57. The summed E-state index contributed by atoms with van der Waals surface area (Å²) < 4.78 is 5.98. The monoisotopic (exact) mass is 258 g/mol. The molecular weight excluding hydrogens is 236 g/mol. The molecule has 1 aromatic carbocycles. The van der Waals surface area contributed by atoms with Crippen molar-refractivity contribution in [3.8, 4) is 11.8 Å². The zero-order valence-electron chi connectivity index (χ0n) is 11.6. The molecule has 0 radical (unpaired) electrons. The molecule has 1 fully saturated rings. The average Bonchev–Trinajstić information content (AvgIpc) is 2.44. The second-order valence-electron chi connectivity index (χ2n) is 5.36. The topological polar surface area (TPSA) is 29.5 Å². The Hall–Kier alpha value is -1.30. The van der Waals surface area contributed by atoms with E-state index in [9.17, 15) is 0 Å². The maximum absolute atomic E-state index is 8.64. The minimum absolute atomic E-state index is 0.0925. The minimum atomic E-state index is -0.0925. The van der Waals surface area contributed by atoms with E-state index in [0.29, 0.717) is 12.7 Å². The van der Waals surface area contributed by atoms with E-state index in [4.69, 9.17) is 9.84 Å². The fourth-order valence-electron chi connectivity index (χ4n) is 2.57. The van der Waals surface area contributed by atoms with Crippen LogP contribution >= 0.6 is 0 Å². The van der Waals surface area contributed by atoms with Gasteiger partial charge in [0.15, 0.2) is 0 Å². The van der Waals surface area contributed by atoms with E-state index in [1.54, 1.807) is 0 Å². The zero-order chi connectivity index (χ0) is 13.5. The Kier molecular flexibility index (Phi) is 5.44. The molecule has 1 aromatic rings. The normalized spacial score (nSPS) is 22.6. The summed E-state index contributed by atoms with van der Waals surface area (Å²) in [5.74, 6) is 6.34. The van der Waals surface area contributed by atoms with Crippen LogP contribution < -0.4 is 0 Å². The third-order valence-corrected chi connectivity index (χ3v) is 3.64. The molecule has 1 N–H and O–H groups in total. The van der Waals surface area contributed by atoms with Gasteiger partial charge in [-0.15, -0.1) is 0 Å². The highest BCUT2D eigenvalue weighted by Crippen LogP contribution is 2.26. The summed E-state index contributed by atoms with van der Waals surface area (Å²) >= 11 is 0. The highest BCUT2D eigenvalue weighted by Gasteiger charge is 2.18. The van der Waals surface area contributed by atoms with Crippen molar-refractivity contribution in [1.82, 2.24) is 0 Å². The van der Waals surface area contributed by atoms with Crippen LogP contribution in [0.15, 0.2) is 24.3 Å². The van der Waals surface area contributed by atoms with Gasteiger partial charge < -0.3 is 9.84 Å². The standard InChI is InChI=1S/C17H22O2/c1-14-4-2-6-17(12-14)19-13-16-9-7-15(8-10-16)5-3-11-18/h7-10,14,17-18H,2,4,6,11-13H2,1H3. The summed E-state index contributed by atoms with van der Waals surface area (Å²) in [6.07, 6.45) is 5.46. The van der Waals surface area contributed by atoms with E-state index in [2.05, 4.69) is 18.8 Å². The van der Waals surface area contributed by atoms with Gasteiger partial charge in [-0.3, -0.25) is 0 Å². The summed E-state index contributed by atoms with van der Waals surface area (Å²) in [5.41, 5.74) is 2.12. The van der Waals surface area contributed by atoms with Crippen molar-refractivity contribution in [3.05, 3.63) is 35.4 Å². The molecule has 0 saturated heterocycles. The molecule has 0 aromatic heterocycles. The summed E-state index contributed by atoms with van der Waals surface area (Å²) in [6.45, 7) is 2.90. The molecule has 102 valence electrons. The van der Waals surface area contributed by atoms with Gasteiger partial charge in [0.1, 0.15) is 6.61 Å². The summed E-state index contributed by atoms with van der Waals surface area (Å²) in [6, 6.07) is 8.05. The number of ether oxygens (including phenoxy) is 1. The number of rotatable bonds is 3. The first-order chi connectivity index (χ1) is 9.28. The number of benzene rings is 1. The lowest BCUT2D eigenvalue weighted by molar-refractivity contribution is 0.00467. The first-order valence-electron chi connectivity index (χ1n) is 7.08. The van der Waals surface area contributed by atoms with Gasteiger partial charge in [-0.05, 0) is 36.5 Å². The highest BCUT2D eigenvalue weighted by molar-refractivity contribution is 5.36. The third-order valence-electron chi connectivity index (χ3n) is 3.64. The Balaban J connectivity index is 1.82. The Morgan fingerprint density at radius 1 is 1.26 bits per heavy atom. The van der Waals surface area contributed by atoms with Crippen LogP contribution in [0, 0.1) is 17.8 Å². The molecule has 2 nitrogen and oxygen atoms in total. The molecule has 0 heterocycles. The predicted octanol–water partition coefficient (Wildman–Crippen LogP) is 3.13. The molecule has 2 unspecified atom stereocenters. The van der Waals surface area contributed by atoms with Gasteiger partial charge in [0, 0.05) is 5.56 Å². The van der Waals surface area contributed by atoms with Gasteiger partial charge in [0.05, 0.1) is 12.7 Å². The fraction of sp³-hybridized carbons (Fsp3) is 0.529. The van der Waals surface area contributed by atoms with Gasteiger partial charge in [-0.25, -0.2) is 0 Å². The van der Waals surface area contributed by atoms with Crippen LogP contribution in [-0.4, -0.2) is 17.8 Å². The van der Waals surface area contributed by atoms with Crippen LogP contribution in [-0.2, 0) is 11.3 Å². The Labute approximate surface area is 115 Å². The minimum Gasteiger partial charge on any atom is -0.384 e. The second kappa shape index (κ2) is 7.33. The second-order valence-corrected chi connectivity index (χ2v) is 5.36. The van der Waals surface area contributed by atoms with Crippen molar-refractivity contribution in [2.24, 2.45) is 5.92 Å². The van der Waals surface area contributed by atoms with Gasteiger partial charge in [-0.2, -0.15) is 0 Å². The summed E-state index contributed by atoms with van der Waals surface area (Å²) in [4.78, 5) is 0. The van der Waals surface area contributed by atoms with E-state index in [1.165, 1.54) is 31.2 Å². The maximum atomic E-state index is 8.64. The van der Waals surface area contributed by atoms with Crippen LogP contribution in [0.2, 0.25) is 0 Å². The molecule has 0 bridgehead atoms. The molecule has 1 aliphatic rings. The lowest BCUT2D eigenvalue weighted by atomic mass is 9.89. The largest absolute Gasteiger partial charge is 0.384 e. The number of aliphatic hydroxyl groups excluding tert-OH is 1. The number of hydrogen-bond acceptors (Lipinski definition) is 2. The lowest BCUT2D eigenvalue weighted by Gasteiger charge is -2.26. The van der Waals surface area contributed by atoms with Crippen molar-refractivity contribution in [2.75, 3.05) is 6.61 Å². The van der Waals surface area contributed by atoms with Crippen molar-refractivity contribution in [3.63, 3.8) is 0 Å². The molecule has 0 amide bonds. The highest BCUT2D eigenvalue weighted by atomic mass is 16.5. The van der Waals surface area contributed by atoms with Gasteiger partial charge in [0.2, 0.25) is 0 Å². The quantitative estimate of drug-likeness (QED) is 0.844. The lowest BCUT2D eigenvalue weighted by Crippen LogP contribution is -2.21. The van der Waals surface area contributed by atoms with Crippen LogP contribution in [0.5, 0.6) is 0 Å². The first kappa shape index (κ1) is 14.1.